The van der Waals surface area contributed by atoms with Gasteiger partial charge in [-0.3, -0.25) is 4.79 Å². The Kier molecular flexibility index (Phi) is 3.31. The normalized spacial score (nSPS) is 24.7. The van der Waals surface area contributed by atoms with Gasteiger partial charge in [-0.05, 0) is 31.4 Å². The van der Waals surface area contributed by atoms with E-state index in [-0.39, 0.29) is 11.9 Å². The number of carbonyl (C=O) groups excluding carboxylic acids is 2. The molecule has 2 aliphatic rings. The number of urea groups is 1. The van der Waals surface area contributed by atoms with Crippen molar-refractivity contribution in [3.63, 3.8) is 0 Å². The smallest absolute Gasteiger partial charge is 0.332 e. The molecule has 0 saturated carbocycles. The number of methoxy groups -OCH3 is 1. The highest BCUT2D eigenvalue weighted by atomic mass is 16.5. The van der Waals surface area contributed by atoms with Crippen molar-refractivity contribution in [3.05, 3.63) is 18.3 Å². The molecule has 6 nitrogen and oxygen atoms in total. The fraction of sp³-hybridized carbons (Fsp3) is 0.533. The van der Waals surface area contributed by atoms with Crippen LogP contribution in [0.25, 0.3) is 0 Å². The average Bonchev–Trinajstić information content (AvgIpc) is 3.00. The van der Waals surface area contributed by atoms with Gasteiger partial charge in [-0.15, -0.1) is 0 Å². The van der Waals surface area contributed by atoms with Crippen LogP contribution in [0.4, 0.5) is 10.5 Å². The number of anilines is 1. The number of fused-ring (bicyclic) bond motifs is 1. The summed E-state index contributed by atoms with van der Waals surface area (Å²) in [5.74, 6) is 0.158. The Hall–Kier alpha value is -2.11. The Bertz CT molecular complexity index is 589. The van der Waals surface area contributed by atoms with Crippen LogP contribution in [0.5, 0.6) is 5.88 Å². The van der Waals surface area contributed by atoms with E-state index in [0.717, 1.165) is 19.3 Å². The lowest BCUT2D eigenvalue weighted by Gasteiger charge is -2.27. The van der Waals surface area contributed by atoms with Crippen LogP contribution in [0, 0.1) is 0 Å². The standard InChI is InChI=1S/C15H19N3O3/c1-3-7-15-8-5-10-17(15)14(20)18(13(15)19)11-6-4-9-16-12(11)21-2/h4,6,9H,3,5,7-8,10H2,1-2H3/t15-/m1/s1. The Morgan fingerprint density at radius 2 is 2.24 bits per heavy atom. The largest absolute Gasteiger partial charge is 0.479 e. The minimum Gasteiger partial charge on any atom is -0.479 e. The molecular weight excluding hydrogens is 270 g/mol. The summed E-state index contributed by atoms with van der Waals surface area (Å²) in [6.07, 6.45) is 4.78. The molecule has 112 valence electrons. The van der Waals surface area contributed by atoms with Crippen LogP contribution >= 0.6 is 0 Å². The van der Waals surface area contributed by atoms with Crippen molar-refractivity contribution in [2.75, 3.05) is 18.6 Å². The van der Waals surface area contributed by atoms with Gasteiger partial charge in [0.15, 0.2) is 0 Å². The van der Waals surface area contributed by atoms with Crippen molar-refractivity contribution >= 4 is 17.6 Å². The van der Waals surface area contributed by atoms with Gasteiger partial charge in [0.2, 0.25) is 5.88 Å². The molecule has 1 aromatic rings. The predicted octanol–water partition coefficient (Wildman–Crippen LogP) is 2.19. The first-order chi connectivity index (χ1) is 10.2. The van der Waals surface area contributed by atoms with Gasteiger partial charge in [-0.2, -0.15) is 0 Å². The number of aromatic nitrogens is 1. The first-order valence-electron chi connectivity index (χ1n) is 7.31. The number of imide groups is 1. The quantitative estimate of drug-likeness (QED) is 0.797. The van der Waals surface area contributed by atoms with Crippen molar-refractivity contribution in [1.82, 2.24) is 9.88 Å². The Morgan fingerprint density at radius 3 is 2.95 bits per heavy atom. The Labute approximate surface area is 123 Å². The molecule has 0 unspecified atom stereocenters. The van der Waals surface area contributed by atoms with Gasteiger partial charge >= 0.3 is 6.03 Å². The van der Waals surface area contributed by atoms with Crippen LogP contribution in [-0.4, -0.2) is 41.0 Å². The number of amides is 3. The molecule has 21 heavy (non-hydrogen) atoms. The summed E-state index contributed by atoms with van der Waals surface area (Å²) in [5, 5.41) is 0. The summed E-state index contributed by atoms with van der Waals surface area (Å²) < 4.78 is 5.19. The fourth-order valence-corrected chi connectivity index (χ4v) is 3.50. The SMILES string of the molecule is CCC[C@]12CCCN1C(=O)N(c1cccnc1OC)C2=O. The second-order valence-electron chi connectivity index (χ2n) is 5.49. The molecule has 0 aliphatic carbocycles. The average molecular weight is 289 g/mol. The van der Waals surface area contributed by atoms with E-state index >= 15 is 0 Å². The van der Waals surface area contributed by atoms with Crippen molar-refractivity contribution in [2.24, 2.45) is 0 Å². The van der Waals surface area contributed by atoms with E-state index in [1.807, 2.05) is 6.92 Å². The van der Waals surface area contributed by atoms with Gasteiger partial charge in [0.25, 0.3) is 5.91 Å². The van der Waals surface area contributed by atoms with Crippen LogP contribution in [0.3, 0.4) is 0 Å². The summed E-state index contributed by atoms with van der Waals surface area (Å²) in [5.41, 5.74) is -0.230. The lowest BCUT2D eigenvalue weighted by Crippen LogP contribution is -2.44. The third-order valence-corrected chi connectivity index (χ3v) is 4.36. The molecule has 2 saturated heterocycles. The molecule has 0 spiro atoms. The number of carbonyl (C=O) groups is 2. The maximum Gasteiger partial charge on any atom is 0.332 e. The van der Waals surface area contributed by atoms with E-state index < -0.39 is 5.54 Å². The van der Waals surface area contributed by atoms with E-state index in [2.05, 4.69) is 4.98 Å². The first-order valence-corrected chi connectivity index (χ1v) is 7.31. The fourth-order valence-electron chi connectivity index (χ4n) is 3.50. The molecule has 2 aliphatic heterocycles. The van der Waals surface area contributed by atoms with Gasteiger partial charge in [-0.25, -0.2) is 14.7 Å². The molecule has 0 bridgehead atoms. The molecule has 1 atom stereocenters. The minimum atomic E-state index is -0.660. The second-order valence-corrected chi connectivity index (χ2v) is 5.49. The molecule has 3 rings (SSSR count). The van der Waals surface area contributed by atoms with Crippen LogP contribution < -0.4 is 9.64 Å². The number of rotatable bonds is 4. The Balaban J connectivity index is 2.05. The topological polar surface area (TPSA) is 62.7 Å². The monoisotopic (exact) mass is 289 g/mol. The van der Waals surface area contributed by atoms with Gasteiger partial charge in [0, 0.05) is 12.7 Å². The third-order valence-electron chi connectivity index (χ3n) is 4.36. The molecule has 3 heterocycles. The molecule has 1 aromatic heterocycles. The molecular formula is C15H19N3O3. The van der Waals surface area contributed by atoms with Crippen molar-refractivity contribution in [1.29, 1.82) is 0 Å². The van der Waals surface area contributed by atoms with Crippen LogP contribution in [-0.2, 0) is 4.79 Å². The summed E-state index contributed by atoms with van der Waals surface area (Å²) in [6, 6.07) is 3.15. The zero-order valence-corrected chi connectivity index (χ0v) is 12.3. The summed E-state index contributed by atoms with van der Waals surface area (Å²) in [7, 11) is 1.49. The molecule has 6 heteroatoms. The van der Waals surface area contributed by atoms with E-state index in [1.54, 1.807) is 23.2 Å². The number of nitrogens with zero attached hydrogens (tertiary/aromatic N) is 3. The van der Waals surface area contributed by atoms with Crippen molar-refractivity contribution < 1.29 is 14.3 Å². The molecule has 0 N–H and O–H groups in total. The van der Waals surface area contributed by atoms with Crippen molar-refractivity contribution in [3.8, 4) is 5.88 Å². The third kappa shape index (κ3) is 1.81. The zero-order valence-electron chi connectivity index (χ0n) is 12.3. The number of hydrogen-bond acceptors (Lipinski definition) is 4. The highest BCUT2D eigenvalue weighted by Gasteiger charge is 2.59. The van der Waals surface area contributed by atoms with Gasteiger partial charge in [-0.1, -0.05) is 13.3 Å². The lowest BCUT2D eigenvalue weighted by atomic mass is 9.90. The number of pyridine rings is 1. The van der Waals surface area contributed by atoms with Crippen LogP contribution in [0.2, 0.25) is 0 Å². The molecule has 3 amide bonds. The summed E-state index contributed by atoms with van der Waals surface area (Å²) >= 11 is 0. The minimum absolute atomic E-state index is 0.141. The number of hydrogen-bond donors (Lipinski definition) is 0. The zero-order chi connectivity index (χ0) is 15.0. The maximum atomic E-state index is 13.0. The van der Waals surface area contributed by atoms with Gasteiger partial charge < -0.3 is 9.64 Å². The van der Waals surface area contributed by atoms with Gasteiger partial charge in [0.1, 0.15) is 11.2 Å². The first kappa shape index (κ1) is 13.9. The van der Waals surface area contributed by atoms with E-state index in [9.17, 15) is 9.59 Å². The van der Waals surface area contributed by atoms with E-state index in [0.29, 0.717) is 24.5 Å². The Morgan fingerprint density at radius 1 is 1.43 bits per heavy atom. The summed E-state index contributed by atoms with van der Waals surface area (Å²) in [6.45, 7) is 2.68. The van der Waals surface area contributed by atoms with Gasteiger partial charge in [0.05, 0.1) is 7.11 Å². The highest BCUT2D eigenvalue weighted by molar-refractivity contribution is 6.24. The van der Waals surface area contributed by atoms with Crippen molar-refractivity contribution in [2.45, 2.75) is 38.1 Å². The molecule has 0 aromatic carbocycles. The lowest BCUT2D eigenvalue weighted by molar-refractivity contribution is -0.124. The molecule has 0 radical (unpaired) electrons. The highest BCUT2D eigenvalue weighted by Crippen LogP contribution is 2.44. The van der Waals surface area contributed by atoms with Crippen LogP contribution in [0.15, 0.2) is 18.3 Å². The number of ether oxygens (including phenoxy) is 1. The van der Waals surface area contributed by atoms with Crippen LogP contribution in [0.1, 0.15) is 32.6 Å². The maximum absolute atomic E-state index is 13.0. The second kappa shape index (κ2) is 5.02. The predicted molar refractivity (Wildman–Crippen MR) is 77.3 cm³/mol. The van der Waals surface area contributed by atoms with E-state index in [1.165, 1.54) is 12.0 Å². The molecule has 2 fully saturated rings. The summed E-state index contributed by atoms with van der Waals surface area (Å²) in [4.78, 5) is 32.7. The van der Waals surface area contributed by atoms with E-state index in [4.69, 9.17) is 4.74 Å².